The Morgan fingerprint density at radius 2 is 1.83 bits per heavy atom. The second kappa shape index (κ2) is 6.87. The number of benzene rings is 2. The highest BCUT2D eigenvalue weighted by Crippen LogP contribution is 2.32. The van der Waals surface area contributed by atoms with E-state index < -0.39 is 5.97 Å². The Bertz CT molecular complexity index is 796. The van der Waals surface area contributed by atoms with Crippen molar-refractivity contribution in [2.45, 2.75) is 0 Å². The van der Waals surface area contributed by atoms with Gasteiger partial charge in [-0.25, -0.2) is 4.79 Å². The minimum atomic E-state index is -0.421. The van der Waals surface area contributed by atoms with E-state index in [9.17, 15) is 9.59 Å². The van der Waals surface area contributed by atoms with Crippen molar-refractivity contribution < 1.29 is 23.8 Å². The molecule has 2 aromatic rings. The first kappa shape index (κ1) is 15.6. The molecule has 1 amide bonds. The molecule has 0 aliphatic carbocycles. The predicted octanol–water partition coefficient (Wildman–Crippen LogP) is 2.85. The lowest BCUT2D eigenvalue weighted by atomic mass is 10.2. The summed E-state index contributed by atoms with van der Waals surface area (Å²) in [6, 6.07) is 11.9. The molecule has 1 N–H and O–H groups in total. The van der Waals surface area contributed by atoms with Crippen LogP contribution in [0.2, 0.25) is 0 Å². The molecule has 1 aliphatic heterocycles. The summed E-state index contributed by atoms with van der Waals surface area (Å²) in [4.78, 5) is 23.3. The molecule has 0 unspecified atom stereocenters. The van der Waals surface area contributed by atoms with Crippen molar-refractivity contribution in [2.24, 2.45) is 0 Å². The lowest BCUT2D eigenvalue weighted by Crippen LogP contribution is -2.08. The van der Waals surface area contributed by atoms with Crippen LogP contribution in [0.15, 0.2) is 48.5 Å². The molecule has 0 saturated heterocycles. The van der Waals surface area contributed by atoms with Crippen molar-refractivity contribution in [1.29, 1.82) is 0 Å². The minimum Gasteiger partial charge on any atom is -0.465 e. The third-order valence-electron chi connectivity index (χ3n) is 3.40. The lowest BCUT2D eigenvalue weighted by Gasteiger charge is -2.03. The summed E-state index contributed by atoms with van der Waals surface area (Å²) in [5, 5.41) is 2.71. The molecule has 0 fully saturated rings. The number of anilines is 1. The maximum Gasteiger partial charge on any atom is 0.337 e. The maximum absolute atomic E-state index is 11.9. The van der Waals surface area contributed by atoms with Crippen LogP contribution in [0, 0.1) is 0 Å². The molecule has 0 saturated carbocycles. The fourth-order valence-corrected chi connectivity index (χ4v) is 2.18. The van der Waals surface area contributed by atoms with E-state index in [-0.39, 0.29) is 12.7 Å². The third-order valence-corrected chi connectivity index (χ3v) is 3.40. The highest BCUT2D eigenvalue weighted by molar-refractivity contribution is 6.02. The first-order valence-electron chi connectivity index (χ1n) is 7.23. The Balaban J connectivity index is 1.62. The van der Waals surface area contributed by atoms with Gasteiger partial charge in [0.15, 0.2) is 11.5 Å². The Kier molecular flexibility index (Phi) is 4.47. The molecule has 1 aliphatic rings. The van der Waals surface area contributed by atoms with Gasteiger partial charge in [0.05, 0.1) is 12.7 Å². The van der Waals surface area contributed by atoms with Gasteiger partial charge in [-0.05, 0) is 48.0 Å². The molecule has 6 nitrogen and oxygen atoms in total. The van der Waals surface area contributed by atoms with E-state index in [1.54, 1.807) is 42.5 Å². The van der Waals surface area contributed by atoms with Crippen LogP contribution in [0.1, 0.15) is 15.9 Å². The first-order valence-corrected chi connectivity index (χ1v) is 7.23. The zero-order valence-corrected chi connectivity index (χ0v) is 12.9. The van der Waals surface area contributed by atoms with Crippen LogP contribution in [0.5, 0.6) is 11.5 Å². The van der Waals surface area contributed by atoms with Crippen molar-refractivity contribution in [1.82, 2.24) is 0 Å². The largest absolute Gasteiger partial charge is 0.465 e. The van der Waals surface area contributed by atoms with Crippen molar-refractivity contribution in [3.63, 3.8) is 0 Å². The van der Waals surface area contributed by atoms with Crippen LogP contribution in [-0.2, 0) is 9.53 Å². The number of carbonyl (C=O) groups is 2. The number of hydrogen-bond acceptors (Lipinski definition) is 5. The Morgan fingerprint density at radius 1 is 1.08 bits per heavy atom. The van der Waals surface area contributed by atoms with Crippen molar-refractivity contribution in [2.75, 3.05) is 19.2 Å². The lowest BCUT2D eigenvalue weighted by molar-refractivity contribution is -0.111. The molecule has 0 atom stereocenters. The fraction of sp³-hybridized carbons (Fsp3) is 0.111. The van der Waals surface area contributed by atoms with Gasteiger partial charge >= 0.3 is 5.97 Å². The van der Waals surface area contributed by atoms with Crippen molar-refractivity contribution in [3.05, 3.63) is 59.7 Å². The molecule has 2 aromatic carbocycles. The van der Waals surface area contributed by atoms with Crippen LogP contribution in [0.4, 0.5) is 5.69 Å². The monoisotopic (exact) mass is 325 g/mol. The molecule has 1 heterocycles. The smallest absolute Gasteiger partial charge is 0.337 e. The van der Waals surface area contributed by atoms with Gasteiger partial charge in [-0.2, -0.15) is 0 Å². The molecule has 3 rings (SSSR count). The van der Waals surface area contributed by atoms with Gasteiger partial charge in [0.1, 0.15) is 0 Å². The molecule has 122 valence electrons. The Labute approximate surface area is 138 Å². The number of amides is 1. The van der Waals surface area contributed by atoms with Crippen LogP contribution in [0.3, 0.4) is 0 Å². The van der Waals surface area contributed by atoms with Gasteiger partial charge in [-0.15, -0.1) is 0 Å². The standard InChI is InChI=1S/C18H15NO5/c1-22-18(21)13-4-6-14(7-5-13)19-17(20)9-3-12-2-8-15-16(10-12)24-11-23-15/h2-10H,11H2,1H3,(H,19,20). The van der Waals surface area contributed by atoms with E-state index >= 15 is 0 Å². The van der Waals surface area contributed by atoms with Crippen LogP contribution in [0.25, 0.3) is 6.08 Å². The fourth-order valence-electron chi connectivity index (χ4n) is 2.18. The zero-order valence-electron chi connectivity index (χ0n) is 12.9. The number of hydrogen-bond donors (Lipinski definition) is 1. The molecule has 6 heteroatoms. The average molecular weight is 325 g/mol. The van der Waals surface area contributed by atoms with Crippen molar-refractivity contribution >= 4 is 23.6 Å². The second-order valence-electron chi connectivity index (χ2n) is 5.00. The Hall–Kier alpha value is -3.28. The highest BCUT2D eigenvalue weighted by atomic mass is 16.7. The summed E-state index contributed by atoms with van der Waals surface area (Å²) >= 11 is 0. The van der Waals surface area contributed by atoms with Crippen LogP contribution >= 0.6 is 0 Å². The van der Waals surface area contributed by atoms with E-state index in [1.807, 2.05) is 6.07 Å². The summed E-state index contributed by atoms with van der Waals surface area (Å²) in [5.74, 6) is 0.660. The van der Waals surface area contributed by atoms with Gasteiger partial charge in [0, 0.05) is 11.8 Å². The summed E-state index contributed by atoms with van der Waals surface area (Å²) in [7, 11) is 1.32. The van der Waals surface area contributed by atoms with Gasteiger partial charge in [-0.3, -0.25) is 4.79 Å². The average Bonchev–Trinajstić information content (AvgIpc) is 3.07. The van der Waals surface area contributed by atoms with Crippen molar-refractivity contribution in [3.8, 4) is 11.5 Å². The van der Waals surface area contributed by atoms with Gasteiger partial charge in [0.2, 0.25) is 12.7 Å². The quantitative estimate of drug-likeness (QED) is 0.691. The summed E-state index contributed by atoms with van der Waals surface area (Å²) in [6.45, 7) is 0.213. The summed E-state index contributed by atoms with van der Waals surface area (Å²) < 4.78 is 15.1. The highest BCUT2D eigenvalue weighted by Gasteiger charge is 2.12. The number of rotatable bonds is 4. The maximum atomic E-state index is 11.9. The van der Waals surface area contributed by atoms with Gasteiger partial charge in [0.25, 0.3) is 0 Å². The van der Waals surface area contributed by atoms with Crippen LogP contribution in [-0.4, -0.2) is 25.8 Å². The summed E-state index contributed by atoms with van der Waals surface area (Å²) in [5.41, 5.74) is 1.84. The minimum absolute atomic E-state index is 0.213. The number of nitrogens with one attached hydrogen (secondary N) is 1. The number of fused-ring (bicyclic) bond motifs is 1. The molecule has 0 radical (unpaired) electrons. The van der Waals surface area contributed by atoms with Crippen LogP contribution < -0.4 is 14.8 Å². The number of ether oxygens (including phenoxy) is 3. The predicted molar refractivity (Wildman–Crippen MR) is 88.0 cm³/mol. The van der Waals surface area contributed by atoms with E-state index in [2.05, 4.69) is 10.1 Å². The second-order valence-corrected chi connectivity index (χ2v) is 5.00. The molecular weight excluding hydrogens is 310 g/mol. The first-order chi connectivity index (χ1) is 11.7. The molecule has 0 spiro atoms. The molecule has 0 bridgehead atoms. The van der Waals surface area contributed by atoms with E-state index in [0.29, 0.717) is 22.7 Å². The topological polar surface area (TPSA) is 73.9 Å². The van der Waals surface area contributed by atoms with E-state index in [1.165, 1.54) is 13.2 Å². The SMILES string of the molecule is COC(=O)c1ccc(NC(=O)C=Cc2ccc3c(c2)OCO3)cc1. The normalized spacial score (nSPS) is 12.2. The number of carbonyl (C=O) groups excluding carboxylic acids is 2. The number of esters is 1. The van der Waals surface area contributed by atoms with Gasteiger partial charge in [-0.1, -0.05) is 6.07 Å². The summed E-state index contributed by atoms with van der Waals surface area (Å²) in [6.07, 6.45) is 3.10. The third kappa shape index (κ3) is 3.55. The number of methoxy groups -OCH3 is 1. The molecule has 0 aromatic heterocycles. The zero-order chi connectivity index (χ0) is 16.9. The molecular formula is C18H15NO5. The molecule has 24 heavy (non-hydrogen) atoms. The van der Waals surface area contributed by atoms with E-state index in [4.69, 9.17) is 9.47 Å². The Morgan fingerprint density at radius 3 is 2.58 bits per heavy atom. The van der Waals surface area contributed by atoms with Gasteiger partial charge < -0.3 is 19.5 Å². The van der Waals surface area contributed by atoms with E-state index in [0.717, 1.165) is 5.56 Å².